The summed E-state index contributed by atoms with van der Waals surface area (Å²) in [5.74, 6) is 1.51. The first kappa shape index (κ1) is 13.3. The van der Waals surface area contributed by atoms with Crippen LogP contribution in [0, 0.1) is 0 Å². The van der Waals surface area contributed by atoms with Gasteiger partial charge in [0.05, 0.1) is 13.2 Å². The van der Waals surface area contributed by atoms with Gasteiger partial charge in [-0.15, -0.1) is 0 Å². The standard InChI is InChI=1S/C17H14O5/c18-17(11-1-3-15-13(5-11)7-19-9-21-15)12-2-4-16-14(6-12)8-20-10-22-16/h1-6H,7-10H2. The molecule has 0 saturated carbocycles. The second-order valence-electron chi connectivity index (χ2n) is 5.20. The van der Waals surface area contributed by atoms with Gasteiger partial charge in [0.2, 0.25) is 0 Å². The normalized spacial score (nSPS) is 16.0. The molecule has 0 N–H and O–H groups in total. The third kappa shape index (κ3) is 2.34. The van der Waals surface area contributed by atoms with Gasteiger partial charge >= 0.3 is 0 Å². The number of ether oxygens (including phenoxy) is 4. The molecule has 2 aromatic rings. The molecular weight excluding hydrogens is 284 g/mol. The summed E-state index contributed by atoms with van der Waals surface area (Å²) in [5, 5.41) is 0. The highest BCUT2D eigenvalue weighted by Gasteiger charge is 2.18. The quantitative estimate of drug-likeness (QED) is 0.798. The number of fused-ring (bicyclic) bond motifs is 2. The average Bonchev–Trinajstić information content (AvgIpc) is 2.60. The second kappa shape index (κ2) is 5.44. The topological polar surface area (TPSA) is 54.0 Å². The lowest BCUT2D eigenvalue weighted by Crippen LogP contribution is -2.14. The molecule has 2 aliphatic rings. The van der Waals surface area contributed by atoms with Crippen LogP contribution in [0.15, 0.2) is 36.4 Å². The van der Waals surface area contributed by atoms with Crippen molar-refractivity contribution in [2.45, 2.75) is 13.2 Å². The molecule has 0 spiro atoms. The Morgan fingerprint density at radius 2 is 1.27 bits per heavy atom. The molecule has 0 atom stereocenters. The van der Waals surface area contributed by atoms with E-state index < -0.39 is 0 Å². The van der Waals surface area contributed by atoms with Crippen LogP contribution in [0.3, 0.4) is 0 Å². The van der Waals surface area contributed by atoms with Crippen LogP contribution < -0.4 is 9.47 Å². The summed E-state index contributed by atoms with van der Waals surface area (Å²) in [5.41, 5.74) is 3.01. The summed E-state index contributed by atoms with van der Waals surface area (Å²) < 4.78 is 21.2. The van der Waals surface area contributed by atoms with E-state index in [0.717, 1.165) is 22.6 Å². The summed E-state index contributed by atoms with van der Waals surface area (Å²) in [6.45, 7) is 1.43. The van der Waals surface area contributed by atoms with Gasteiger partial charge in [0.1, 0.15) is 11.5 Å². The van der Waals surface area contributed by atoms with Crippen molar-refractivity contribution in [1.29, 1.82) is 0 Å². The lowest BCUT2D eigenvalue weighted by Gasteiger charge is -2.19. The van der Waals surface area contributed by atoms with Gasteiger partial charge in [-0.1, -0.05) is 0 Å². The van der Waals surface area contributed by atoms with Gasteiger partial charge in [-0.05, 0) is 36.4 Å². The van der Waals surface area contributed by atoms with E-state index in [2.05, 4.69) is 0 Å². The zero-order valence-electron chi connectivity index (χ0n) is 11.8. The van der Waals surface area contributed by atoms with Crippen LogP contribution in [0.4, 0.5) is 0 Å². The second-order valence-corrected chi connectivity index (χ2v) is 5.20. The van der Waals surface area contributed by atoms with E-state index in [1.165, 1.54) is 0 Å². The summed E-state index contributed by atoms with van der Waals surface area (Å²) >= 11 is 0. The molecule has 0 radical (unpaired) electrons. The highest BCUT2D eigenvalue weighted by Crippen LogP contribution is 2.28. The van der Waals surface area contributed by atoms with Crippen molar-refractivity contribution in [3.63, 3.8) is 0 Å². The van der Waals surface area contributed by atoms with Crippen LogP contribution >= 0.6 is 0 Å². The summed E-state index contributed by atoms with van der Waals surface area (Å²) in [6.07, 6.45) is 0. The smallest absolute Gasteiger partial charge is 0.193 e. The highest BCUT2D eigenvalue weighted by atomic mass is 16.7. The van der Waals surface area contributed by atoms with E-state index in [1.807, 2.05) is 24.3 Å². The van der Waals surface area contributed by atoms with Crippen molar-refractivity contribution in [1.82, 2.24) is 0 Å². The minimum Gasteiger partial charge on any atom is -0.467 e. The van der Waals surface area contributed by atoms with Crippen LogP contribution in [0.5, 0.6) is 11.5 Å². The van der Waals surface area contributed by atoms with Crippen molar-refractivity contribution in [3.8, 4) is 11.5 Å². The molecule has 4 rings (SSSR count). The molecule has 0 saturated heterocycles. The first-order valence-corrected chi connectivity index (χ1v) is 7.03. The Kier molecular flexibility index (Phi) is 3.29. The number of benzene rings is 2. The highest BCUT2D eigenvalue weighted by molar-refractivity contribution is 6.09. The Bertz CT molecular complexity index is 676. The monoisotopic (exact) mass is 298 g/mol. The summed E-state index contributed by atoms with van der Waals surface area (Å²) in [7, 11) is 0. The molecule has 5 nitrogen and oxygen atoms in total. The Hall–Kier alpha value is -2.37. The van der Waals surface area contributed by atoms with E-state index in [-0.39, 0.29) is 19.4 Å². The van der Waals surface area contributed by atoms with Gasteiger partial charge < -0.3 is 18.9 Å². The zero-order chi connectivity index (χ0) is 14.9. The van der Waals surface area contributed by atoms with Crippen LogP contribution in [0.2, 0.25) is 0 Å². The van der Waals surface area contributed by atoms with Crippen molar-refractivity contribution in [3.05, 3.63) is 58.7 Å². The van der Waals surface area contributed by atoms with E-state index in [0.29, 0.717) is 24.3 Å². The first-order chi connectivity index (χ1) is 10.8. The molecule has 0 unspecified atom stereocenters. The molecule has 5 heteroatoms. The lowest BCUT2D eigenvalue weighted by atomic mass is 9.99. The van der Waals surface area contributed by atoms with Gasteiger partial charge in [-0.25, -0.2) is 0 Å². The predicted molar refractivity (Wildman–Crippen MR) is 76.9 cm³/mol. The molecule has 112 valence electrons. The number of carbonyl (C=O) groups excluding carboxylic acids is 1. The Balaban J connectivity index is 1.66. The van der Waals surface area contributed by atoms with Gasteiger partial charge in [0.25, 0.3) is 0 Å². The fourth-order valence-electron chi connectivity index (χ4n) is 2.63. The van der Waals surface area contributed by atoms with Crippen molar-refractivity contribution < 1.29 is 23.7 Å². The molecule has 0 bridgehead atoms. The predicted octanol–water partition coefficient (Wildman–Crippen LogP) is 2.65. The molecule has 22 heavy (non-hydrogen) atoms. The third-order valence-electron chi connectivity index (χ3n) is 3.76. The third-order valence-corrected chi connectivity index (χ3v) is 3.76. The summed E-state index contributed by atoms with van der Waals surface area (Å²) in [6, 6.07) is 10.8. The molecule has 2 aromatic carbocycles. The molecule has 2 heterocycles. The fourth-order valence-corrected chi connectivity index (χ4v) is 2.63. The Labute approximate surface area is 127 Å². The number of hydrogen-bond acceptors (Lipinski definition) is 5. The Morgan fingerprint density at radius 1 is 0.773 bits per heavy atom. The molecule has 2 aliphatic heterocycles. The first-order valence-electron chi connectivity index (χ1n) is 7.03. The van der Waals surface area contributed by atoms with E-state index >= 15 is 0 Å². The largest absolute Gasteiger partial charge is 0.467 e. The maximum absolute atomic E-state index is 12.7. The van der Waals surface area contributed by atoms with Crippen LogP contribution in [-0.2, 0) is 22.7 Å². The molecule has 0 aromatic heterocycles. The Morgan fingerprint density at radius 3 is 1.77 bits per heavy atom. The minimum atomic E-state index is -0.0400. The van der Waals surface area contributed by atoms with E-state index in [1.54, 1.807) is 12.1 Å². The number of carbonyl (C=O) groups is 1. The van der Waals surface area contributed by atoms with E-state index in [9.17, 15) is 4.79 Å². The van der Waals surface area contributed by atoms with Crippen LogP contribution in [0.25, 0.3) is 0 Å². The molecule has 0 aliphatic carbocycles. The number of hydrogen-bond donors (Lipinski definition) is 0. The fraction of sp³-hybridized carbons (Fsp3) is 0.235. The SMILES string of the molecule is O=C(c1ccc2c(c1)COCO2)c1ccc2c(c1)COCO2. The number of rotatable bonds is 2. The van der Waals surface area contributed by atoms with Crippen molar-refractivity contribution >= 4 is 5.78 Å². The summed E-state index contributed by atoms with van der Waals surface area (Å²) in [4.78, 5) is 12.7. The molecular formula is C17H14O5. The molecule has 0 fully saturated rings. The molecule has 0 amide bonds. The van der Waals surface area contributed by atoms with Gasteiger partial charge in [0.15, 0.2) is 19.4 Å². The van der Waals surface area contributed by atoms with Crippen molar-refractivity contribution in [2.75, 3.05) is 13.6 Å². The van der Waals surface area contributed by atoms with Crippen molar-refractivity contribution in [2.24, 2.45) is 0 Å². The lowest BCUT2D eigenvalue weighted by molar-refractivity contribution is -0.0164. The zero-order valence-corrected chi connectivity index (χ0v) is 11.8. The maximum atomic E-state index is 12.7. The minimum absolute atomic E-state index is 0.0400. The number of ketones is 1. The van der Waals surface area contributed by atoms with Gasteiger partial charge in [0, 0.05) is 22.3 Å². The van der Waals surface area contributed by atoms with Crippen LogP contribution in [-0.4, -0.2) is 19.4 Å². The average molecular weight is 298 g/mol. The maximum Gasteiger partial charge on any atom is 0.193 e. The van der Waals surface area contributed by atoms with Crippen LogP contribution in [0.1, 0.15) is 27.0 Å². The van der Waals surface area contributed by atoms with E-state index in [4.69, 9.17) is 18.9 Å². The van der Waals surface area contributed by atoms with Gasteiger partial charge in [-0.3, -0.25) is 4.79 Å². The van der Waals surface area contributed by atoms with Gasteiger partial charge in [-0.2, -0.15) is 0 Å².